The summed E-state index contributed by atoms with van der Waals surface area (Å²) in [6.07, 6.45) is 0.795. The van der Waals surface area contributed by atoms with Crippen molar-refractivity contribution in [1.29, 1.82) is 0 Å². The fraction of sp³-hybridized carbons (Fsp3) is 0.235. The number of nitrogens with zero attached hydrogens (tertiary/aromatic N) is 1. The predicted octanol–water partition coefficient (Wildman–Crippen LogP) is 1.98. The van der Waals surface area contributed by atoms with Crippen LogP contribution in [0.2, 0.25) is 0 Å². The number of hydrogen-bond acceptors (Lipinski definition) is 3. The molecule has 1 aliphatic rings. The van der Waals surface area contributed by atoms with Crippen molar-refractivity contribution < 1.29 is 9.90 Å². The van der Waals surface area contributed by atoms with Crippen LogP contribution in [0.3, 0.4) is 0 Å². The predicted molar refractivity (Wildman–Crippen MR) is 80.6 cm³/mol. The second kappa shape index (κ2) is 5.58. The van der Waals surface area contributed by atoms with Crippen LogP contribution in [-0.4, -0.2) is 22.5 Å². The molecular formula is C17H18N2O2. The number of phenols is 1. The van der Waals surface area contributed by atoms with Crippen LogP contribution in [0.5, 0.6) is 5.75 Å². The molecule has 2 aromatic carbocycles. The number of hydrogen-bond donors (Lipinski definition) is 2. The number of nitrogens with two attached hydrogens (primary N) is 1. The van der Waals surface area contributed by atoms with Crippen molar-refractivity contribution in [1.82, 2.24) is 4.90 Å². The Bertz CT molecular complexity index is 655. The van der Waals surface area contributed by atoms with Gasteiger partial charge in [-0.2, -0.15) is 0 Å². The molecule has 0 bridgehead atoms. The highest BCUT2D eigenvalue weighted by Crippen LogP contribution is 2.25. The van der Waals surface area contributed by atoms with Crippen LogP contribution >= 0.6 is 0 Å². The molecule has 0 saturated carbocycles. The number of amides is 1. The molecule has 1 atom stereocenters. The normalized spacial score (nSPS) is 15.4. The standard InChI is InChI=1S/C17H18N2O2/c18-16(13-4-2-1-3-5-13)17(21)19-9-8-12-6-7-15(20)10-14(12)11-19/h1-7,10,16,20H,8-9,11,18H2. The van der Waals surface area contributed by atoms with Crippen molar-refractivity contribution >= 4 is 5.91 Å². The van der Waals surface area contributed by atoms with E-state index in [9.17, 15) is 9.90 Å². The van der Waals surface area contributed by atoms with E-state index in [0.29, 0.717) is 13.1 Å². The molecular weight excluding hydrogens is 264 g/mol. The maximum Gasteiger partial charge on any atom is 0.244 e. The highest BCUT2D eigenvalue weighted by Gasteiger charge is 2.26. The van der Waals surface area contributed by atoms with Crippen molar-refractivity contribution in [2.75, 3.05) is 6.54 Å². The molecule has 4 heteroatoms. The van der Waals surface area contributed by atoms with Crippen LogP contribution in [0.1, 0.15) is 22.7 Å². The number of aromatic hydroxyl groups is 1. The van der Waals surface area contributed by atoms with Gasteiger partial charge < -0.3 is 15.7 Å². The van der Waals surface area contributed by atoms with Crippen molar-refractivity contribution in [2.24, 2.45) is 5.73 Å². The van der Waals surface area contributed by atoms with Crippen LogP contribution in [0, 0.1) is 0 Å². The van der Waals surface area contributed by atoms with E-state index in [1.54, 1.807) is 17.0 Å². The van der Waals surface area contributed by atoms with Crippen molar-refractivity contribution in [3.63, 3.8) is 0 Å². The van der Waals surface area contributed by atoms with Crippen LogP contribution in [-0.2, 0) is 17.8 Å². The average molecular weight is 282 g/mol. The summed E-state index contributed by atoms with van der Waals surface area (Å²) in [6, 6.07) is 14.1. The molecule has 0 radical (unpaired) electrons. The molecule has 1 unspecified atom stereocenters. The van der Waals surface area contributed by atoms with Crippen molar-refractivity contribution in [3.8, 4) is 5.75 Å². The second-order valence-electron chi connectivity index (χ2n) is 5.35. The number of fused-ring (bicyclic) bond motifs is 1. The lowest BCUT2D eigenvalue weighted by atomic mass is 9.98. The van der Waals surface area contributed by atoms with Gasteiger partial charge in [0, 0.05) is 13.1 Å². The molecule has 0 fully saturated rings. The van der Waals surface area contributed by atoms with Gasteiger partial charge in [-0.1, -0.05) is 36.4 Å². The maximum atomic E-state index is 12.5. The first-order chi connectivity index (χ1) is 10.1. The third kappa shape index (κ3) is 2.76. The summed E-state index contributed by atoms with van der Waals surface area (Å²) in [6.45, 7) is 1.17. The Labute approximate surface area is 123 Å². The first kappa shape index (κ1) is 13.6. The zero-order valence-electron chi connectivity index (χ0n) is 11.7. The molecule has 0 saturated heterocycles. The van der Waals surface area contributed by atoms with E-state index in [0.717, 1.165) is 17.5 Å². The number of phenolic OH excluding ortho intramolecular Hbond substituents is 1. The van der Waals surface area contributed by atoms with E-state index in [4.69, 9.17) is 5.73 Å². The molecule has 1 aliphatic heterocycles. The minimum atomic E-state index is -0.634. The van der Waals surface area contributed by atoms with Crippen molar-refractivity contribution in [3.05, 3.63) is 65.2 Å². The monoisotopic (exact) mass is 282 g/mol. The van der Waals surface area contributed by atoms with E-state index >= 15 is 0 Å². The van der Waals surface area contributed by atoms with Gasteiger partial charge in [-0.05, 0) is 35.2 Å². The quantitative estimate of drug-likeness (QED) is 0.885. The highest BCUT2D eigenvalue weighted by atomic mass is 16.3. The molecule has 3 rings (SSSR count). The van der Waals surface area contributed by atoms with Gasteiger partial charge in [0.15, 0.2) is 0 Å². The Morgan fingerprint density at radius 3 is 2.67 bits per heavy atom. The maximum absolute atomic E-state index is 12.5. The Morgan fingerprint density at radius 2 is 1.90 bits per heavy atom. The summed E-state index contributed by atoms with van der Waals surface area (Å²) in [7, 11) is 0. The van der Waals surface area contributed by atoms with Crippen LogP contribution in [0.25, 0.3) is 0 Å². The van der Waals surface area contributed by atoms with Gasteiger partial charge >= 0.3 is 0 Å². The third-order valence-electron chi connectivity index (χ3n) is 3.94. The summed E-state index contributed by atoms with van der Waals surface area (Å²) in [5, 5.41) is 9.57. The van der Waals surface area contributed by atoms with E-state index in [-0.39, 0.29) is 11.7 Å². The van der Waals surface area contributed by atoms with Gasteiger partial charge in [-0.25, -0.2) is 0 Å². The first-order valence-corrected chi connectivity index (χ1v) is 7.05. The SMILES string of the molecule is NC(C(=O)N1CCc2ccc(O)cc2C1)c1ccccc1. The summed E-state index contributed by atoms with van der Waals surface area (Å²) in [5.41, 5.74) is 9.08. The molecule has 0 spiro atoms. The topological polar surface area (TPSA) is 66.6 Å². The van der Waals surface area contributed by atoms with Gasteiger partial charge in [-0.15, -0.1) is 0 Å². The van der Waals surface area contributed by atoms with Crippen molar-refractivity contribution in [2.45, 2.75) is 19.0 Å². The fourth-order valence-corrected chi connectivity index (χ4v) is 2.73. The fourth-order valence-electron chi connectivity index (χ4n) is 2.73. The largest absolute Gasteiger partial charge is 0.508 e. The Kier molecular flexibility index (Phi) is 3.62. The second-order valence-corrected chi connectivity index (χ2v) is 5.35. The van der Waals surface area contributed by atoms with Crippen LogP contribution < -0.4 is 5.73 Å². The minimum absolute atomic E-state index is 0.0739. The molecule has 1 heterocycles. The minimum Gasteiger partial charge on any atom is -0.508 e. The molecule has 21 heavy (non-hydrogen) atoms. The highest BCUT2D eigenvalue weighted by molar-refractivity contribution is 5.83. The number of rotatable bonds is 2. The number of benzene rings is 2. The lowest BCUT2D eigenvalue weighted by Crippen LogP contribution is -2.41. The molecule has 3 N–H and O–H groups in total. The summed E-state index contributed by atoms with van der Waals surface area (Å²) < 4.78 is 0. The van der Waals surface area contributed by atoms with Crippen LogP contribution in [0.15, 0.2) is 48.5 Å². The van der Waals surface area contributed by atoms with Gasteiger partial charge in [0.25, 0.3) is 0 Å². The third-order valence-corrected chi connectivity index (χ3v) is 3.94. The summed E-state index contributed by atoms with van der Waals surface area (Å²) >= 11 is 0. The summed E-state index contributed by atoms with van der Waals surface area (Å²) in [5.74, 6) is 0.158. The Morgan fingerprint density at radius 1 is 1.14 bits per heavy atom. The number of carbonyl (C=O) groups is 1. The van der Waals surface area contributed by atoms with E-state index < -0.39 is 6.04 Å². The van der Waals surface area contributed by atoms with E-state index in [1.165, 1.54) is 5.56 Å². The zero-order valence-corrected chi connectivity index (χ0v) is 11.7. The first-order valence-electron chi connectivity index (χ1n) is 7.05. The van der Waals surface area contributed by atoms with Crippen LogP contribution in [0.4, 0.5) is 0 Å². The van der Waals surface area contributed by atoms with E-state index in [2.05, 4.69) is 0 Å². The van der Waals surface area contributed by atoms with Gasteiger partial charge in [0.1, 0.15) is 11.8 Å². The molecule has 0 aromatic heterocycles. The van der Waals surface area contributed by atoms with Gasteiger partial charge in [0.2, 0.25) is 5.91 Å². The lowest BCUT2D eigenvalue weighted by molar-refractivity contribution is -0.133. The molecule has 0 aliphatic carbocycles. The Hall–Kier alpha value is -2.33. The van der Waals surface area contributed by atoms with Gasteiger partial charge in [-0.3, -0.25) is 4.79 Å². The molecule has 108 valence electrons. The van der Waals surface area contributed by atoms with Gasteiger partial charge in [0.05, 0.1) is 0 Å². The molecule has 1 amide bonds. The summed E-state index contributed by atoms with van der Waals surface area (Å²) in [4.78, 5) is 14.3. The smallest absolute Gasteiger partial charge is 0.244 e. The Balaban J connectivity index is 1.78. The molecule has 2 aromatic rings. The zero-order chi connectivity index (χ0) is 14.8. The number of carbonyl (C=O) groups excluding carboxylic acids is 1. The molecule has 4 nitrogen and oxygen atoms in total. The average Bonchev–Trinajstić information content (AvgIpc) is 2.53. The van der Waals surface area contributed by atoms with E-state index in [1.807, 2.05) is 36.4 Å². The lowest BCUT2D eigenvalue weighted by Gasteiger charge is -2.31.